The van der Waals surface area contributed by atoms with Gasteiger partial charge in [-0.25, -0.2) is 14.3 Å². The van der Waals surface area contributed by atoms with E-state index in [4.69, 9.17) is 5.84 Å². The van der Waals surface area contributed by atoms with Crippen molar-refractivity contribution in [2.24, 2.45) is 5.84 Å². The van der Waals surface area contributed by atoms with Crippen LogP contribution in [-0.2, 0) is 19.6 Å². The van der Waals surface area contributed by atoms with Gasteiger partial charge in [0.15, 0.2) is 0 Å². The van der Waals surface area contributed by atoms with E-state index < -0.39 is 10.0 Å². The number of sulfonamides is 1. The number of nitrogens with zero attached hydrogens (tertiary/aromatic N) is 2. The lowest BCUT2D eigenvalue weighted by Crippen LogP contribution is -2.50. The zero-order valence-electron chi connectivity index (χ0n) is 14.3. The molecule has 2 rings (SSSR count). The Hall–Kier alpha value is -1.97. The molecule has 0 unspecified atom stereocenters. The van der Waals surface area contributed by atoms with Crippen LogP contribution in [0.5, 0.6) is 0 Å². The SMILES string of the molecule is Cc1ccc(S(=O)(=O)N2CCN(C(=O)CCCC(=O)NN)CC2)cc1. The van der Waals surface area contributed by atoms with E-state index in [1.54, 1.807) is 29.2 Å². The molecule has 138 valence electrons. The standard InChI is InChI=1S/C16H24N4O4S/c1-13-5-7-14(8-6-13)25(23,24)20-11-9-19(10-12-20)16(22)4-2-3-15(21)18-17/h5-8H,2-4,9-12,17H2,1H3,(H,18,21). The van der Waals surface area contributed by atoms with Gasteiger partial charge < -0.3 is 4.90 Å². The summed E-state index contributed by atoms with van der Waals surface area (Å²) in [7, 11) is -3.53. The Labute approximate surface area is 148 Å². The fourth-order valence-corrected chi connectivity index (χ4v) is 4.09. The Morgan fingerprint density at radius 1 is 1.08 bits per heavy atom. The number of nitrogens with one attached hydrogen (secondary N) is 1. The average molecular weight is 368 g/mol. The Balaban J connectivity index is 1.87. The lowest BCUT2D eigenvalue weighted by Gasteiger charge is -2.34. The summed E-state index contributed by atoms with van der Waals surface area (Å²) in [4.78, 5) is 25.1. The van der Waals surface area contributed by atoms with Crippen LogP contribution in [0, 0.1) is 6.92 Å². The van der Waals surface area contributed by atoms with Crippen LogP contribution in [0.15, 0.2) is 29.2 Å². The van der Waals surface area contributed by atoms with Crippen LogP contribution in [0.3, 0.4) is 0 Å². The molecule has 25 heavy (non-hydrogen) atoms. The molecule has 0 aliphatic carbocycles. The van der Waals surface area contributed by atoms with E-state index in [1.807, 2.05) is 12.3 Å². The zero-order chi connectivity index (χ0) is 18.4. The molecule has 0 saturated carbocycles. The number of carbonyl (C=O) groups excluding carboxylic acids is 2. The molecule has 1 aliphatic rings. The molecule has 1 fully saturated rings. The van der Waals surface area contributed by atoms with Gasteiger partial charge in [-0.2, -0.15) is 4.31 Å². The van der Waals surface area contributed by atoms with Crippen molar-refractivity contribution in [3.8, 4) is 0 Å². The number of carbonyl (C=O) groups is 2. The first-order chi connectivity index (χ1) is 11.8. The molecule has 0 bridgehead atoms. The highest BCUT2D eigenvalue weighted by Crippen LogP contribution is 2.18. The minimum atomic E-state index is -3.53. The maximum atomic E-state index is 12.6. The number of rotatable bonds is 6. The lowest BCUT2D eigenvalue weighted by atomic mass is 10.2. The minimum absolute atomic E-state index is 0.0720. The highest BCUT2D eigenvalue weighted by atomic mass is 32.2. The van der Waals surface area contributed by atoms with E-state index in [0.717, 1.165) is 5.56 Å². The first-order valence-corrected chi connectivity index (χ1v) is 9.62. The van der Waals surface area contributed by atoms with E-state index in [9.17, 15) is 18.0 Å². The second-order valence-corrected chi connectivity index (χ2v) is 7.96. The molecule has 2 amide bonds. The largest absolute Gasteiger partial charge is 0.340 e. The summed E-state index contributed by atoms with van der Waals surface area (Å²) in [5.41, 5.74) is 3.02. The van der Waals surface area contributed by atoms with E-state index in [1.165, 1.54) is 4.31 Å². The van der Waals surface area contributed by atoms with Crippen LogP contribution in [0.1, 0.15) is 24.8 Å². The smallest absolute Gasteiger partial charge is 0.243 e. The number of piperazine rings is 1. The maximum Gasteiger partial charge on any atom is 0.243 e. The summed E-state index contributed by atoms with van der Waals surface area (Å²) in [5, 5.41) is 0. The predicted molar refractivity (Wildman–Crippen MR) is 92.7 cm³/mol. The third kappa shape index (κ3) is 5.00. The van der Waals surface area contributed by atoms with Crippen LogP contribution in [0.25, 0.3) is 0 Å². The lowest BCUT2D eigenvalue weighted by molar-refractivity contribution is -0.132. The van der Waals surface area contributed by atoms with Gasteiger partial charge >= 0.3 is 0 Å². The van der Waals surface area contributed by atoms with Crippen molar-refractivity contribution >= 4 is 21.8 Å². The monoisotopic (exact) mass is 368 g/mol. The molecule has 3 N–H and O–H groups in total. The number of aryl methyl sites for hydroxylation is 1. The Morgan fingerprint density at radius 3 is 2.24 bits per heavy atom. The average Bonchev–Trinajstić information content (AvgIpc) is 2.62. The van der Waals surface area contributed by atoms with Crippen LogP contribution in [0.4, 0.5) is 0 Å². The number of hydrogen-bond donors (Lipinski definition) is 2. The van der Waals surface area contributed by atoms with Crippen LogP contribution >= 0.6 is 0 Å². The van der Waals surface area contributed by atoms with Gasteiger partial charge in [-0.05, 0) is 25.5 Å². The van der Waals surface area contributed by atoms with Gasteiger partial charge in [-0.15, -0.1) is 0 Å². The topological polar surface area (TPSA) is 113 Å². The molecule has 1 aromatic carbocycles. The van der Waals surface area contributed by atoms with Gasteiger partial charge in [-0.3, -0.25) is 15.0 Å². The van der Waals surface area contributed by atoms with E-state index >= 15 is 0 Å². The van der Waals surface area contributed by atoms with E-state index in [-0.39, 0.29) is 42.6 Å². The molecule has 0 aromatic heterocycles. The fourth-order valence-electron chi connectivity index (χ4n) is 2.67. The fraction of sp³-hybridized carbons (Fsp3) is 0.500. The Morgan fingerprint density at radius 2 is 1.68 bits per heavy atom. The van der Waals surface area contributed by atoms with Crippen molar-refractivity contribution in [3.63, 3.8) is 0 Å². The Kier molecular flexibility index (Phi) is 6.51. The molecule has 1 saturated heterocycles. The number of hydrazine groups is 1. The molecule has 0 atom stereocenters. The van der Waals surface area contributed by atoms with Crippen LogP contribution < -0.4 is 11.3 Å². The first-order valence-electron chi connectivity index (χ1n) is 8.18. The van der Waals surface area contributed by atoms with Gasteiger partial charge in [0.25, 0.3) is 0 Å². The van der Waals surface area contributed by atoms with Crippen molar-refractivity contribution in [2.75, 3.05) is 26.2 Å². The summed E-state index contributed by atoms with van der Waals surface area (Å²) >= 11 is 0. The number of benzene rings is 1. The predicted octanol–water partition coefficient (Wildman–Crippen LogP) is -0.0119. The number of amides is 2. The zero-order valence-corrected chi connectivity index (χ0v) is 15.1. The highest BCUT2D eigenvalue weighted by molar-refractivity contribution is 7.89. The van der Waals surface area contributed by atoms with Crippen molar-refractivity contribution in [1.29, 1.82) is 0 Å². The van der Waals surface area contributed by atoms with E-state index in [0.29, 0.717) is 19.5 Å². The molecule has 1 aromatic rings. The molecule has 8 nitrogen and oxygen atoms in total. The molecule has 1 aliphatic heterocycles. The minimum Gasteiger partial charge on any atom is -0.340 e. The highest BCUT2D eigenvalue weighted by Gasteiger charge is 2.29. The second kappa shape index (κ2) is 8.41. The molecule has 0 spiro atoms. The quantitative estimate of drug-likeness (QED) is 0.416. The molecule has 0 radical (unpaired) electrons. The van der Waals surface area contributed by atoms with Gasteiger partial charge in [-0.1, -0.05) is 17.7 Å². The Bertz CT molecular complexity index is 710. The summed E-state index contributed by atoms with van der Waals surface area (Å²) in [6.07, 6.45) is 0.867. The van der Waals surface area contributed by atoms with Crippen molar-refractivity contribution < 1.29 is 18.0 Å². The maximum absolute atomic E-state index is 12.6. The van der Waals surface area contributed by atoms with Crippen LogP contribution in [0.2, 0.25) is 0 Å². The third-order valence-electron chi connectivity index (χ3n) is 4.21. The first kappa shape index (κ1) is 19.4. The van der Waals surface area contributed by atoms with Crippen molar-refractivity contribution in [2.45, 2.75) is 31.1 Å². The van der Waals surface area contributed by atoms with Crippen molar-refractivity contribution in [1.82, 2.24) is 14.6 Å². The van der Waals surface area contributed by atoms with Gasteiger partial charge in [0, 0.05) is 39.0 Å². The number of nitrogens with two attached hydrogens (primary N) is 1. The molecule has 1 heterocycles. The molecular formula is C16H24N4O4S. The summed E-state index contributed by atoms with van der Waals surface area (Å²) in [6.45, 7) is 3.15. The second-order valence-electron chi connectivity index (χ2n) is 6.02. The summed E-state index contributed by atoms with van der Waals surface area (Å²) in [6, 6.07) is 6.74. The molecular weight excluding hydrogens is 344 g/mol. The van der Waals surface area contributed by atoms with Gasteiger partial charge in [0.1, 0.15) is 0 Å². The summed E-state index contributed by atoms with van der Waals surface area (Å²) < 4.78 is 26.6. The van der Waals surface area contributed by atoms with Crippen LogP contribution in [-0.4, -0.2) is 55.6 Å². The third-order valence-corrected chi connectivity index (χ3v) is 6.12. The van der Waals surface area contributed by atoms with Gasteiger partial charge in [0.05, 0.1) is 4.90 Å². The molecule has 9 heteroatoms. The van der Waals surface area contributed by atoms with E-state index in [2.05, 4.69) is 0 Å². The summed E-state index contributed by atoms with van der Waals surface area (Å²) in [5.74, 6) is 4.61. The van der Waals surface area contributed by atoms with Crippen molar-refractivity contribution in [3.05, 3.63) is 29.8 Å². The van der Waals surface area contributed by atoms with Gasteiger partial charge in [0.2, 0.25) is 21.8 Å². The normalized spacial score (nSPS) is 15.8. The number of hydrogen-bond acceptors (Lipinski definition) is 5.